The van der Waals surface area contributed by atoms with Crippen molar-refractivity contribution >= 4 is 10.1 Å². The van der Waals surface area contributed by atoms with Crippen LogP contribution in [0.15, 0.2) is 29.2 Å². The van der Waals surface area contributed by atoms with Crippen molar-refractivity contribution in [3.63, 3.8) is 0 Å². The van der Waals surface area contributed by atoms with E-state index >= 15 is 0 Å². The molecule has 5 nitrogen and oxygen atoms in total. The van der Waals surface area contributed by atoms with Crippen molar-refractivity contribution in [2.45, 2.75) is 30.2 Å². The van der Waals surface area contributed by atoms with Gasteiger partial charge in [-0.2, -0.15) is 8.42 Å². The quantitative estimate of drug-likeness (QED) is 0.715. The molecule has 0 saturated carbocycles. The Morgan fingerprint density at radius 1 is 1.35 bits per heavy atom. The van der Waals surface area contributed by atoms with E-state index in [0.29, 0.717) is 0 Å². The van der Waals surface area contributed by atoms with Crippen molar-refractivity contribution in [3.8, 4) is 0 Å². The first-order chi connectivity index (χ1) is 9.14. The van der Waals surface area contributed by atoms with Crippen LogP contribution in [0.25, 0.3) is 0 Å². The van der Waals surface area contributed by atoms with E-state index < -0.39 is 22.1 Å². The summed E-state index contributed by atoms with van der Waals surface area (Å²) in [5, 5.41) is 10.9. The minimum atomic E-state index is -4.02. The average Bonchev–Trinajstić information content (AvgIpc) is 2.69. The van der Waals surface area contributed by atoms with Crippen LogP contribution in [0.1, 0.15) is 12.0 Å². The summed E-state index contributed by atoms with van der Waals surface area (Å²) in [5.74, 6) is -2.60. The molecular formula is C12H17F2NO4S. The smallest absolute Gasteiger partial charge is 0.294 e. The van der Waals surface area contributed by atoms with Crippen molar-refractivity contribution in [1.29, 1.82) is 0 Å². The van der Waals surface area contributed by atoms with Gasteiger partial charge in [0.1, 0.15) is 0 Å². The number of aliphatic hydroxyl groups is 1. The topological polar surface area (TPSA) is 86.6 Å². The molecule has 8 heteroatoms. The standard InChI is InChI=1S/C7H8O3S.C5H9F2NO/c1-6-2-4-7(5-3-6)11(8,9)10;6-5(7)1-4(2-9)8-3-5/h2-5H,1H3,(H,8,9,10);4,8-9H,1-3H2/t;4-/m.0/s1. The SMILES string of the molecule is Cc1ccc(S(=O)(=O)O)cc1.OC[C@@H]1CC(F)(F)CN1. The molecule has 114 valence electrons. The van der Waals surface area contributed by atoms with Crippen LogP contribution in [0.4, 0.5) is 8.78 Å². The Morgan fingerprint density at radius 2 is 1.90 bits per heavy atom. The van der Waals surface area contributed by atoms with Gasteiger partial charge in [0.2, 0.25) is 0 Å². The van der Waals surface area contributed by atoms with Gasteiger partial charge in [-0.1, -0.05) is 17.7 Å². The van der Waals surface area contributed by atoms with E-state index in [1.54, 1.807) is 12.1 Å². The largest absolute Gasteiger partial charge is 0.395 e. The fourth-order valence-corrected chi connectivity index (χ4v) is 2.12. The van der Waals surface area contributed by atoms with Crippen molar-refractivity contribution in [3.05, 3.63) is 29.8 Å². The fraction of sp³-hybridized carbons (Fsp3) is 0.500. The zero-order valence-corrected chi connectivity index (χ0v) is 11.7. The molecule has 1 fully saturated rings. The van der Waals surface area contributed by atoms with Crippen LogP contribution in [0.2, 0.25) is 0 Å². The Balaban J connectivity index is 0.000000204. The van der Waals surface area contributed by atoms with Crippen LogP contribution in [-0.4, -0.2) is 43.2 Å². The lowest BCUT2D eigenvalue weighted by atomic mass is 10.2. The first-order valence-corrected chi connectivity index (χ1v) is 7.34. The number of hydrogen-bond donors (Lipinski definition) is 3. The first-order valence-electron chi connectivity index (χ1n) is 5.90. The minimum absolute atomic E-state index is 0.0666. The number of nitrogens with one attached hydrogen (secondary N) is 1. The molecule has 0 radical (unpaired) electrons. The van der Waals surface area contributed by atoms with Gasteiger partial charge in [0.25, 0.3) is 16.0 Å². The van der Waals surface area contributed by atoms with Gasteiger partial charge < -0.3 is 10.4 Å². The van der Waals surface area contributed by atoms with E-state index in [-0.39, 0.29) is 24.5 Å². The number of alkyl halides is 2. The van der Waals surface area contributed by atoms with E-state index in [4.69, 9.17) is 9.66 Å². The Kier molecular flexibility index (Phi) is 5.58. The summed E-state index contributed by atoms with van der Waals surface area (Å²) in [5.41, 5.74) is 0.956. The highest BCUT2D eigenvalue weighted by molar-refractivity contribution is 7.85. The normalized spacial score (nSPS) is 21.1. The number of hydrogen-bond acceptors (Lipinski definition) is 4. The number of aryl methyl sites for hydroxylation is 1. The van der Waals surface area contributed by atoms with E-state index in [1.165, 1.54) is 12.1 Å². The molecule has 20 heavy (non-hydrogen) atoms. The molecule has 1 aromatic carbocycles. The maximum atomic E-state index is 12.2. The summed E-state index contributed by atoms with van der Waals surface area (Å²) in [6.45, 7) is 1.35. The maximum absolute atomic E-state index is 12.2. The van der Waals surface area contributed by atoms with E-state index in [2.05, 4.69) is 5.32 Å². The number of rotatable bonds is 2. The van der Waals surface area contributed by atoms with E-state index in [9.17, 15) is 17.2 Å². The van der Waals surface area contributed by atoms with E-state index in [0.717, 1.165) is 5.56 Å². The van der Waals surface area contributed by atoms with Gasteiger partial charge in [0.15, 0.2) is 0 Å². The molecule has 1 saturated heterocycles. The Labute approximate surface area is 116 Å². The molecule has 1 aliphatic rings. The molecule has 1 atom stereocenters. The maximum Gasteiger partial charge on any atom is 0.294 e. The van der Waals surface area contributed by atoms with Crippen LogP contribution < -0.4 is 5.32 Å². The van der Waals surface area contributed by atoms with Crippen molar-refractivity contribution < 1.29 is 26.9 Å². The molecule has 0 amide bonds. The van der Waals surface area contributed by atoms with Crippen LogP contribution in [-0.2, 0) is 10.1 Å². The monoisotopic (exact) mass is 309 g/mol. The van der Waals surface area contributed by atoms with Crippen molar-refractivity contribution in [2.75, 3.05) is 13.2 Å². The Morgan fingerprint density at radius 3 is 2.20 bits per heavy atom. The van der Waals surface area contributed by atoms with Gasteiger partial charge in [-0.25, -0.2) is 8.78 Å². The summed E-state index contributed by atoms with van der Waals surface area (Å²) in [7, 11) is -4.02. The third-order valence-electron chi connectivity index (χ3n) is 2.73. The molecule has 2 rings (SSSR count). The van der Waals surface area contributed by atoms with Crippen molar-refractivity contribution in [2.24, 2.45) is 0 Å². The lowest BCUT2D eigenvalue weighted by Gasteiger charge is -2.04. The number of halogens is 2. The second-order valence-corrected chi connectivity index (χ2v) is 6.03. The predicted octanol–water partition coefficient (Wildman–Crippen LogP) is 1.22. The molecule has 1 aliphatic heterocycles. The summed E-state index contributed by atoms with van der Waals surface area (Å²) < 4.78 is 54.0. The van der Waals surface area contributed by atoms with Gasteiger partial charge in [-0.05, 0) is 19.1 Å². The molecule has 0 aliphatic carbocycles. The van der Waals surface area contributed by atoms with Crippen LogP contribution in [0.3, 0.4) is 0 Å². The van der Waals surface area contributed by atoms with Crippen LogP contribution in [0, 0.1) is 6.92 Å². The second-order valence-electron chi connectivity index (χ2n) is 4.61. The Bertz CT molecular complexity index is 531. The Hall–Kier alpha value is -1.09. The molecule has 1 aromatic rings. The summed E-state index contributed by atoms with van der Waals surface area (Å²) in [4.78, 5) is -0.0666. The highest BCUT2D eigenvalue weighted by atomic mass is 32.2. The zero-order valence-electron chi connectivity index (χ0n) is 10.9. The molecule has 0 unspecified atom stereocenters. The highest BCUT2D eigenvalue weighted by Crippen LogP contribution is 2.24. The summed E-state index contributed by atoms with van der Waals surface area (Å²) >= 11 is 0. The average molecular weight is 309 g/mol. The third kappa shape index (κ3) is 5.49. The fourth-order valence-electron chi connectivity index (χ4n) is 1.64. The minimum Gasteiger partial charge on any atom is -0.395 e. The highest BCUT2D eigenvalue weighted by Gasteiger charge is 2.38. The predicted molar refractivity (Wildman–Crippen MR) is 69.4 cm³/mol. The second kappa shape index (κ2) is 6.57. The molecule has 1 heterocycles. The van der Waals surface area contributed by atoms with Gasteiger partial charge in [-0.15, -0.1) is 0 Å². The lowest BCUT2D eigenvalue weighted by molar-refractivity contribution is 0.0192. The molecule has 0 bridgehead atoms. The summed E-state index contributed by atoms with van der Waals surface area (Å²) in [6, 6.07) is 5.58. The summed E-state index contributed by atoms with van der Waals surface area (Å²) in [6.07, 6.45) is -0.233. The number of aliphatic hydroxyl groups excluding tert-OH is 1. The van der Waals surface area contributed by atoms with Crippen molar-refractivity contribution in [1.82, 2.24) is 5.32 Å². The molecule has 0 aromatic heterocycles. The van der Waals surface area contributed by atoms with Gasteiger partial charge in [-0.3, -0.25) is 4.55 Å². The van der Waals surface area contributed by atoms with Crippen LogP contribution >= 0.6 is 0 Å². The van der Waals surface area contributed by atoms with Gasteiger partial charge >= 0.3 is 0 Å². The number of benzene rings is 1. The molecule has 3 N–H and O–H groups in total. The molecular weight excluding hydrogens is 292 g/mol. The van der Waals surface area contributed by atoms with Gasteiger partial charge in [0.05, 0.1) is 18.0 Å². The van der Waals surface area contributed by atoms with Gasteiger partial charge in [0, 0.05) is 12.5 Å². The molecule has 0 spiro atoms. The third-order valence-corrected chi connectivity index (χ3v) is 3.60. The lowest BCUT2D eigenvalue weighted by Crippen LogP contribution is -2.25. The van der Waals surface area contributed by atoms with E-state index in [1.807, 2.05) is 6.92 Å². The zero-order chi connectivity index (χ0) is 15.4. The first kappa shape index (κ1) is 17.0. The van der Waals surface area contributed by atoms with Crippen LogP contribution in [0.5, 0.6) is 0 Å².